The zero-order valence-electron chi connectivity index (χ0n) is 23.6. The van der Waals surface area contributed by atoms with E-state index < -0.39 is 23.4 Å². The van der Waals surface area contributed by atoms with Crippen molar-refractivity contribution in [3.8, 4) is 0 Å². The quantitative estimate of drug-likeness (QED) is 0.206. The van der Waals surface area contributed by atoms with Crippen LogP contribution in [0.25, 0.3) is 0 Å². The van der Waals surface area contributed by atoms with Crippen LogP contribution in [0.3, 0.4) is 0 Å². The molecule has 208 valence electrons. The number of carbonyl (C=O) groups excluding carboxylic acids is 3. The fourth-order valence-electron chi connectivity index (χ4n) is 3.20. The summed E-state index contributed by atoms with van der Waals surface area (Å²) in [4.78, 5) is 40.3. The highest BCUT2D eigenvalue weighted by Gasteiger charge is 2.21. The van der Waals surface area contributed by atoms with Gasteiger partial charge in [-0.1, -0.05) is 51.2 Å². The van der Waals surface area contributed by atoms with E-state index in [0.29, 0.717) is 5.56 Å². The number of nitrogens with zero attached hydrogens (tertiary/aromatic N) is 1. The van der Waals surface area contributed by atoms with Gasteiger partial charge in [0.05, 0.1) is 6.54 Å². The van der Waals surface area contributed by atoms with Crippen molar-refractivity contribution < 1.29 is 28.6 Å². The minimum atomic E-state index is -0.927. The maximum Gasteiger partial charge on any atom is 0.438 e. The Bertz CT molecular complexity index is 883. The zero-order valence-corrected chi connectivity index (χ0v) is 23.6. The molecule has 9 nitrogen and oxygen atoms in total. The summed E-state index contributed by atoms with van der Waals surface area (Å²) in [6.07, 6.45) is 6.74. The number of alkyl carbamates (subject to hydrolysis) is 1. The number of hydrogen-bond acceptors (Lipinski definition) is 6. The first kappa shape index (κ1) is 31.9. The number of aliphatic imine (C=N–C) groups is 1. The fourth-order valence-corrected chi connectivity index (χ4v) is 3.20. The Morgan fingerprint density at radius 1 is 0.838 bits per heavy atom. The first-order valence-corrected chi connectivity index (χ1v) is 13.1. The van der Waals surface area contributed by atoms with E-state index >= 15 is 0 Å². The lowest BCUT2D eigenvalue weighted by Crippen LogP contribution is -2.39. The second-order valence-electron chi connectivity index (χ2n) is 10.8. The van der Waals surface area contributed by atoms with Gasteiger partial charge >= 0.3 is 18.2 Å². The normalized spacial score (nSPS) is 12.0. The van der Waals surface area contributed by atoms with Gasteiger partial charge in [-0.3, -0.25) is 4.79 Å². The standard InChI is InChI=1S/C28H45N3O6/c1-8-9-10-11-12-13-14-21-15-17-22(18-16-21)23(32)29-19-20-35-24(30-25(33)36-27(2,3)4)31-26(34)37-28(5,6)7/h15-18H,8-14,19-20H2,1-7H3,(H,29,32)(H,30,31,33,34). The molecule has 3 amide bonds. The van der Waals surface area contributed by atoms with E-state index in [4.69, 9.17) is 14.2 Å². The van der Waals surface area contributed by atoms with Gasteiger partial charge in [0.15, 0.2) is 0 Å². The Hall–Kier alpha value is -3.10. The van der Waals surface area contributed by atoms with E-state index in [0.717, 1.165) is 12.8 Å². The molecule has 0 atom stereocenters. The molecule has 2 N–H and O–H groups in total. The smallest absolute Gasteiger partial charge is 0.438 e. The van der Waals surface area contributed by atoms with E-state index in [2.05, 4.69) is 22.5 Å². The monoisotopic (exact) mass is 519 g/mol. The van der Waals surface area contributed by atoms with Crippen LogP contribution in [-0.4, -0.2) is 48.5 Å². The Morgan fingerprint density at radius 3 is 2.03 bits per heavy atom. The summed E-state index contributed by atoms with van der Waals surface area (Å²) in [5, 5.41) is 5.05. The number of aryl methyl sites for hydroxylation is 1. The van der Waals surface area contributed by atoms with E-state index in [-0.39, 0.29) is 25.1 Å². The molecular weight excluding hydrogens is 474 g/mol. The lowest BCUT2D eigenvalue weighted by atomic mass is 10.0. The highest BCUT2D eigenvalue weighted by atomic mass is 16.6. The van der Waals surface area contributed by atoms with Crippen molar-refractivity contribution in [3.63, 3.8) is 0 Å². The van der Waals surface area contributed by atoms with Crippen LogP contribution in [0, 0.1) is 0 Å². The summed E-state index contributed by atoms with van der Waals surface area (Å²) in [7, 11) is 0. The molecule has 0 radical (unpaired) electrons. The van der Waals surface area contributed by atoms with Crippen molar-refractivity contribution in [3.05, 3.63) is 35.4 Å². The molecule has 0 unspecified atom stereocenters. The number of unbranched alkanes of at least 4 members (excludes halogenated alkanes) is 5. The van der Waals surface area contributed by atoms with Gasteiger partial charge < -0.3 is 19.5 Å². The highest BCUT2D eigenvalue weighted by molar-refractivity contribution is 5.96. The molecule has 0 aromatic heterocycles. The summed E-state index contributed by atoms with van der Waals surface area (Å²) < 4.78 is 15.7. The molecule has 9 heteroatoms. The molecule has 0 spiro atoms. The molecule has 0 fully saturated rings. The van der Waals surface area contributed by atoms with Crippen molar-refractivity contribution in [2.24, 2.45) is 4.99 Å². The van der Waals surface area contributed by atoms with E-state index in [9.17, 15) is 14.4 Å². The van der Waals surface area contributed by atoms with Crippen LogP contribution in [0.2, 0.25) is 0 Å². The summed E-state index contributed by atoms with van der Waals surface area (Å²) in [6, 6.07) is 7.20. The molecular formula is C28H45N3O6. The van der Waals surface area contributed by atoms with Gasteiger partial charge in [-0.25, -0.2) is 14.9 Å². The molecule has 0 saturated heterocycles. The van der Waals surface area contributed by atoms with Gasteiger partial charge in [-0.2, -0.15) is 0 Å². The van der Waals surface area contributed by atoms with Crippen molar-refractivity contribution in [1.29, 1.82) is 0 Å². The van der Waals surface area contributed by atoms with Gasteiger partial charge in [0.2, 0.25) is 0 Å². The third-order valence-corrected chi connectivity index (χ3v) is 4.86. The van der Waals surface area contributed by atoms with Gasteiger partial charge in [0.1, 0.15) is 17.8 Å². The maximum absolute atomic E-state index is 12.5. The number of amides is 3. The van der Waals surface area contributed by atoms with Crippen LogP contribution in [0.4, 0.5) is 9.59 Å². The number of ether oxygens (including phenoxy) is 3. The Kier molecular flexibility index (Phi) is 13.7. The molecule has 1 aromatic carbocycles. The van der Waals surface area contributed by atoms with Crippen LogP contribution in [0.1, 0.15) is 103 Å². The molecule has 0 aliphatic carbocycles. The third kappa shape index (κ3) is 16.3. The average molecular weight is 520 g/mol. The fraction of sp³-hybridized carbons (Fsp3) is 0.643. The van der Waals surface area contributed by atoms with Gasteiger partial charge in [-0.15, -0.1) is 4.99 Å². The summed E-state index contributed by atoms with van der Waals surface area (Å²) >= 11 is 0. The molecule has 1 aromatic rings. The second kappa shape index (κ2) is 15.9. The number of nitrogens with one attached hydrogen (secondary N) is 2. The van der Waals surface area contributed by atoms with Crippen LogP contribution in [0.5, 0.6) is 0 Å². The Balaban J connectivity index is 2.56. The summed E-state index contributed by atoms with van der Waals surface area (Å²) in [5.41, 5.74) is 0.238. The lowest BCUT2D eigenvalue weighted by molar-refractivity contribution is 0.0544. The number of rotatable bonds is 11. The predicted molar refractivity (Wildman–Crippen MR) is 145 cm³/mol. The molecule has 0 bridgehead atoms. The van der Waals surface area contributed by atoms with Gasteiger partial charge in [0, 0.05) is 5.56 Å². The lowest BCUT2D eigenvalue weighted by Gasteiger charge is -2.20. The van der Waals surface area contributed by atoms with Crippen LogP contribution >= 0.6 is 0 Å². The van der Waals surface area contributed by atoms with Crippen LogP contribution < -0.4 is 10.6 Å². The second-order valence-corrected chi connectivity index (χ2v) is 10.8. The van der Waals surface area contributed by atoms with Crippen molar-refractivity contribution in [2.45, 2.75) is 105 Å². The number of benzene rings is 1. The molecule has 0 heterocycles. The topological polar surface area (TPSA) is 115 Å². The molecule has 37 heavy (non-hydrogen) atoms. The summed E-state index contributed by atoms with van der Waals surface area (Å²) in [6.45, 7) is 12.5. The minimum absolute atomic E-state index is 0.0424. The molecule has 0 aliphatic heterocycles. The summed E-state index contributed by atoms with van der Waals surface area (Å²) in [5.74, 6) is -0.250. The van der Waals surface area contributed by atoms with Crippen molar-refractivity contribution in [1.82, 2.24) is 10.6 Å². The zero-order chi connectivity index (χ0) is 27.9. The minimum Gasteiger partial charge on any atom is -0.463 e. The number of carbonyl (C=O) groups is 3. The average Bonchev–Trinajstić information content (AvgIpc) is 2.76. The van der Waals surface area contributed by atoms with Gasteiger partial charge in [-0.05, 0) is 72.1 Å². The number of hydrogen-bond donors (Lipinski definition) is 2. The Labute approximate surface area is 221 Å². The number of amidine groups is 1. The first-order valence-electron chi connectivity index (χ1n) is 13.1. The molecule has 1 rings (SSSR count). The SMILES string of the molecule is CCCCCCCCc1ccc(C(=O)NCCO/C(=N/C(=O)OC(C)(C)C)NC(=O)OC(C)(C)C)cc1. The first-order chi connectivity index (χ1) is 17.3. The largest absolute Gasteiger partial charge is 0.463 e. The van der Waals surface area contributed by atoms with E-state index in [1.54, 1.807) is 41.5 Å². The van der Waals surface area contributed by atoms with E-state index in [1.165, 1.54) is 37.7 Å². The molecule has 0 aliphatic rings. The highest BCUT2D eigenvalue weighted by Crippen LogP contribution is 2.12. The third-order valence-electron chi connectivity index (χ3n) is 4.86. The van der Waals surface area contributed by atoms with Crippen LogP contribution in [0.15, 0.2) is 29.3 Å². The van der Waals surface area contributed by atoms with Crippen LogP contribution in [-0.2, 0) is 20.6 Å². The van der Waals surface area contributed by atoms with Crippen molar-refractivity contribution >= 4 is 24.1 Å². The predicted octanol–water partition coefficient (Wildman–Crippen LogP) is 6.15. The Morgan fingerprint density at radius 2 is 1.43 bits per heavy atom. The van der Waals surface area contributed by atoms with E-state index in [1.807, 2.05) is 24.3 Å². The van der Waals surface area contributed by atoms with Crippen molar-refractivity contribution in [2.75, 3.05) is 13.2 Å². The van der Waals surface area contributed by atoms with Gasteiger partial charge in [0.25, 0.3) is 5.91 Å². The molecule has 0 saturated carbocycles. The maximum atomic E-state index is 12.5.